The van der Waals surface area contributed by atoms with Crippen molar-refractivity contribution in [2.75, 3.05) is 6.79 Å². The van der Waals surface area contributed by atoms with Crippen molar-refractivity contribution in [3.63, 3.8) is 0 Å². The van der Waals surface area contributed by atoms with E-state index in [2.05, 4.69) is 5.32 Å². The van der Waals surface area contributed by atoms with Gasteiger partial charge >= 0.3 is 0 Å². The molecule has 178 valence electrons. The summed E-state index contributed by atoms with van der Waals surface area (Å²) in [4.78, 5) is 29.8. The van der Waals surface area contributed by atoms with Gasteiger partial charge in [-0.2, -0.15) is 0 Å². The Balaban J connectivity index is 1.45. The van der Waals surface area contributed by atoms with Gasteiger partial charge in [0.2, 0.25) is 12.7 Å². The molecule has 8 heteroatoms. The maximum Gasteiger partial charge on any atom is 0.250 e. The van der Waals surface area contributed by atoms with Gasteiger partial charge in [0.1, 0.15) is 5.76 Å². The van der Waals surface area contributed by atoms with Crippen LogP contribution in [0.25, 0.3) is 0 Å². The molecule has 34 heavy (non-hydrogen) atoms. The van der Waals surface area contributed by atoms with E-state index in [0.29, 0.717) is 17.3 Å². The molecule has 1 saturated carbocycles. The highest BCUT2D eigenvalue weighted by atomic mass is 32.1. The molecule has 1 fully saturated rings. The Morgan fingerprint density at radius 3 is 2.68 bits per heavy atom. The fourth-order valence-corrected chi connectivity index (χ4v) is 5.32. The van der Waals surface area contributed by atoms with Crippen LogP contribution in [0.4, 0.5) is 0 Å². The number of hydrogen-bond acceptors (Lipinski definition) is 6. The zero-order valence-corrected chi connectivity index (χ0v) is 19.7. The molecule has 2 aliphatic rings. The first-order chi connectivity index (χ1) is 16.7. The Hall–Kier alpha value is -3.26. The van der Waals surface area contributed by atoms with Crippen LogP contribution in [0, 0.1) is 0 Å². The molecule has 0 bridgehead atoms. The maximum absolute atomic E-state index is 13.6. The molecule has 3 heterocycles. The van der Waals surface area contributed by atoms with Crippen molar-refractivity contribution in [1.29, 1.82) is 0 Å². The fraction of sp³-hybridized carbons (Fsp3) is 0.385. The average molecular weight is 481 g/mol. The van der Waals surface area contributed by atoms with Gasteiger partial charge in [0.25, 0.3) is 5.91 Å². The van der Waals surface area contributed by atoms with Crippen LogP contribution in [0.5, 0.6) is 11.5 Å². The maximum atomic E-state index is 13.6. The number of nitrogens with one attached hydrogen (secondary N) is 1. The summed E-state index contributed by atoms with van der Waals surface area (Å²) in [6, 6.07) is 12.2. The van der Waals surface area contributed by atoms with E-state index >= 15 is 0 Å². The van der Waals surface area contributed by atoms with Gasteiger partial charge < -0.3 is 24.1 Å². The summed E-state index contributed by atoms with van der Waals surface area (Å²) in [5.74, 6) is 1.43. The predicted octanol–water partition coefficient (Wildman–Crippen LogP) is 4.83. The van der Waals surface area contributed by atoms with Crippen LogP contribution in [0.3, 0.4) is 0 Å². The number of thiophene rings is 1. The Morgan fingerprint density at radius 2 is 1.91 bits per heavy atom. The van der Waals surface area contributed by atoms with E-state index in [1.165, 1.54) is 17.8 Å². The number of carbonyl (C=O) groups excluding carboxylic acids is 2. The van der Waals surface area contributed by atoms with Crippen molar-refractivity contribution < 1.29 is 23.5 Å². The van der Waals surface area contributed by atoms with Crippen LogP contribution in [0.15, 0.2) is 58.5 Å². The third-order valence-corrected chi connectivity index (χ3v) is 7.22. The van der Waals surface area contributed by atoms with Crippen LogP contribution >= 0.6 is 11.3 Å². The number of furan rings is 1. The van der Waals surface area contributed by atoms with Crippen molar-refractivity contribution in [1.82, 2.24) is 10.2 Å². The van der Waals surface area contributed by atoms with Gasteiger partial charge in [-0.15, -0.1) is 11.3 Å². The largest absolute Gasteiger partial charge is 0.467 e. The van der Waals surface area contributed by atoms with E-state index in [9.17, 15) is 9.59 Å². The molecule has 1 N–H and O–H groups in total. The molecule has 7 nitrogen and oxygen atoms in total. The number of hydrogen-bond donors (Lipinski definition) is 1. The third-order valence-electron chi connectivity index (χ3n) is 6.34. The second kappa shape index (κ2) is 10.3. The molecule has 1 atom stereocenters. The first-order valence-corrected chi connectivity index (χ1v) is 12.6. The van der Waals surface area contributed by atoms with Crippen molar-refractivity contribution in [3.8, 4) is 11.5 Å². The van der Waals surface area contributed by atoms with E-state index in [0.717, 1.165) is 36.1 Å². The quantitative estimate of drug-likeness (QED) is 0.499. The number of carbonyl (C=O) groups is 2. The number of benzene rings is 1. The highest BCUT2D eigenvalue weighted by Gasteiger charge is 2.35. The smallest absolute Gasteiger partial charge is 0.250 e. The lowest BCUT2D eigenvalue weighted by atomic mass is 9.95. The zero-order chi connectivity index (χ0) is 23.3. The fourth-order valence-electron chi connectivity index (χ4n) is 4.62. The Kier molecular flexibility index (Phi) is 6.85. The second-order valence-corrected chi connectivity index (χ2v) is 9.76. The minimum Gasteiger partial charge on any atom is -0.467 e. The number of rotatable bonds is 8. The van der Waals surface area contributed by atoms with Crippen molar-refractivity contribution in [2.24, 2.45) is 0 Å². The lowest BCUT2D eigenvalue weighted by molar-refractivity contribution is -0.142. The lowest BCUT2D eigenvalue weighted by Gasteiger charge is -2.32. The Labute approximate surface area is 202 Å². The highest BCUT2D eigenvalue weighted by Crippen LogP contribution is 2.34. The Bertz CT molecular complexity index is 1110. The van der Waals surface area contributed by atoms with Crippen LogP contribution in [-0.4, -0.2) is 29.5 Å². The lowest BCUT2D eigenvalue weighted by Crippen LogP contribution is -2.47. The summed E-state index contributed by atoms with van der Waals surface area (Å²) in [6.07, 6.45) is 7.09. The van der Waals surface area contributed by atoms with Crippen LogP contribution in [0.1, 0.15) is 54.3 Å². The molecular weight excluding hydrogens is 452 g/mol. The van der Waals surface area contributed by atoms with Crippen LogP contribution in [0.2, 0.25) is 0 Å². The second-order valence-electron chi connectivity index (χ2n) is 8.73. The first-order valence-electron chi connectivity index (χ1n) is 11.7. The van der Waals surface area contributed by atoms with Crippen LogP contribution < -0.4 is 14.8 Å². The number of fused-ring (bicyclic) bond motifs is 1. The molecule has 0 spiro atoms. The topological polar surface area (TPSA) is 81.0 Å². The van der Waals surface area contributed by atoms with Gasteiger partial charge in [0.05, 0.1) is 12.7 Å². The van der Waals surface area contributed by atoms with E-state index in [-0.39, 0.29) is 37.6 Å². The Morgan fingerprint density at radius 1 is 1.06 bits per heavy atom. The van der Waals surface area contributed by atoms with Gasteiger partial charge in [-0.1, -0.05) is 31.4 Å². The molecular formula is C26H28N2O5S. The minimum absolute atomic E-state index is 0.124. The summed E-state index contributed by atoms with van der Waals surface area (Å²) in [5.41, 5.74) is 0.853. The third kappa shape index (κ3) is 5.12. The van der Waals surface area contributed by atoms with E-state index < -0.39 is 6.04 Å². The SMILES string of the molecule is O=C(NC1CCCCC1)[C@H](c1ccco1)N(Cc1ccc2c(c1)OCO2)C(=O)Cc1cccs1. The molecule has 1 aliphatic carbocycles. The summed E-state index contributed by atoms with van der Waals surface area (Å²) < 4.78 is 16.6. The van der Waals surface area contributed by atoms with Gasteiger partial charge in [-0.3, -0.25) is 9.59 Å². The van der Waals surface area contributed by atoms with E-state index in [1.807, 2.05) is 35.7 Å². The molecule has 2 amide bonds. The normalized spacial score (nSPS) is 16.2. The van der Waals surface area contributed by atoms with E-state index in [1.54, 1.807) is 23.3 Å². The van der Waals surface area contributed by atoms with Gasteiger partial charge in [0, 0.05) is 17.5 Å². The molecule has 2 aromatic heterocycles. The van der Waals surface area contributed by atoms with Gasteiger partial charge in [-0.25, -0.2) is 0 Å². The average Bonchev–Trinajstić information content (AvgIpc) is 3.62. The van der Waals surface area contributed by atoms with Crippen molar-refractivity contribution in [3.05, 3.63) is 70.3 Å². The highest BCUT2D eigenvalue weighted by molar-refractivity contribution is 7.10. The first kappa shape index (κ1) is 22.5. The van der Waals surface area contributed by atoms with Crippen molar-refractivity contribution >= 4 is 23.2 Å². The van der Waals surface area contributed by atoms with Crippen LogP contribution in [-0.2, 0) is 22.6 Å². The summed E-state index contributed by atoms with van der Waals surface area (Å²) >= 11 is 1.53. The molecule has 0 unspecified atom stereocenters. The summed E-state index contributed by atoms with van der Waals surface area (Å²) in [6.45, 7) is 0.420. The number of ether oxygens (including phenoxy) is 2. The number of amides is 2. The molecule has 1 aliphatic heterocycles. The summed E-state index contributed by atoms with van der Waals surface area (Å²) in [5, 5.41) is 5.14. The molecule has 0 radical (unpaired) electrons. The van der Waals surface area contributed by atoms with Gasteiger partial charge in [-0.05, 0) is 54.1 Å². The predicted molar refractivity (Wildman–Crippen MR) is 128 cm³/mol. The molecule has 1 aromatic carbocycles. The monoisotopic (exact) mass is 480 g/mol. The van der Waals surface area contributed by atoms with Crippen molar-refractivity contribution in [2.45, 2.75) is 57.2 Å². The standard InChI is InChI=1S/C26H28N2O5S/c29-24(15-20-8-5-13-34-20)28(16-18-10-11-21-23(14-18)33-17-32-21)25(22-9-4-12-31-22)26(30)27-19-6-2-1-3-7-19/h4-5,8-14,19,25H,1-3,6-7,15-17H2,(H,27,30)/t25-/m0/s1. The number of nitrogens with zero attached hydrogens (tertiary/aromatic N) is 1. The molecule has 0 saturated heterocycles. The van der Waals surface area contributed by atoms with E-state index in [4.69, 9.17) is 13.9 Å². The summed E-state index contributed by atoms with van der Waals surface area (Å²) in [7, 11) is 0. The van der Waals surface area contributed by atoms with Gasteiger partial charge in [0.15, 0.2) is 17.5 Å². The molecule has 5 rings (SSSR count). The zero-order valence-electron chi connectivity index (χ0n) is 18.9. The minimum atomic E-state index is -0.866. The molecule has 3 aromatic rings.